The lowest BCUT2D eigenvalue weighted by molar-refractivity contribution is 0.102. The lowest BCUT2D eigenvalue weighted by Crippen LogP contribution is -2.12. The van der Waals surface area contributed by atoms with Gasteiger partial charge in [0.15, 0.2) is 0 Å². The van der Waals surface area contributed by atoms with Crippen LogP contribution in [0.15, 0.2) is 42.5 Å². The van der Waals surface area contributed by atoms with Gasteiger partial charge in [0.25, 0.3) is 5.91 Å². The number of nitrogens with one attached hydrogen (secondary N) is 1. The first-order chi connectivity index (χ1) is 11.1. The van der Waals surface area contributed by atoms with E-state index < -0.39 is 0 Å². The molecule has 0 saturated carbocycles. The van der Waals surface area contributed by atoms with E-state index in [1.54, 1.807) is 25.3 Å². The van der Waals surface area contributed by atoms with E-state index in [1.807, 2.05) is 24.3 Å². The zero-order valence-corrected chi connectivity index (χ0v) is 15.4. The summed E-state index contributed by atoms with van der Waals surface area (Å²) < 4.78 is 11.7. The van der Waals surface area contributed by atoms with Gasteiger partial charge < -0.3 is 14.8 Å². The molecule has 5 heteroatoms. The van der Waals surface area contributed by atoms with Gasteiger partial charge in [-0.15, -0.1) is 0 Å². The molecule has 0 unspecified atom stereocenters. The van der Waals surface area contributed by atoms with Crippen LogP contribution in [0.2, 0.25) is 0 Å². The van der Waals surface area contributed by atoms with Crippen LogP contribution in [0.4, 0.5) is 5.69 Å². The van der Waals surface area contributed by atoms with Crippen LogP contribution in [0.1, 0.15) is 30.1 Å². The number of methoxy groups -OCH3 is 1. The second kappa shape index (κ2) is 8.76. The largest absolute Gasteiger partial charge is 0.496 e. The summed E-state index contributed by atoms with van der Waals surface area (Å²) in [6, 6.07) is 12.8. The maximum Gasteiger partial charge on any atom is 0.255 e. The van der Waals surface area contributed by atoms with Gasteiger partial charge in [0.05, 0.1) is 17.3 Å². The number of hydrogen-bond acceptors (Lipinski definition) is 3. The first kappa shape index (κ1) is 17.6. The Kier molecular flexibility index (Phi) is 6.70. The minimum Gasteiger partial charge on any atom is -0.496 e. The molecule has 0 spiro atoms. The van der Waals surface area contributed by atoms with Crippen LogP contribution in [0.5, 0.6) is 11.5 Å². The van der Waals surface area contributed by atoms with Gasteiger partial charge in [-0.25, -0.2) is 0 Å². The first-order valence-electron chi connectivity index (χ1n) is 7.51. The number of anilines is 1. The van der Waals surface area contributed by atoms with Crippen molar-refractivity contribution in [1.82, 2.24) is 0 Å². The highest BCUT2D eigenvalue weighted by molar-refractivity contribution is 14.1. The van der Waals surface area contributed by atoms with Gasteiger partial charge in [0.2, 0.25) is 0 Å². The van der Waals surface area contributed by atoms with Crippen molar-refractivity contribution in [3.8, 4) is 11.5 Å². The van der Waals surface area contributed by atoms with E-state index >= 15 is 0 Å². The summed E-state index contributed by atoms with van der Waals surface area (Å²) in [6.07, 6.45) is 2.14. The van der Waals surface area contributed by atoms with Crippen LogP contribution in [0.3, 0.4) is 0 Å². The average molecular weight is 425 g/mol. The van der Waals surface area contributed by atoms with Gasteiger partial charge in [-0.05, 0) is 71.5 Å². The van der Waals surface area contributed by atoms with Gasteiger partial charge in [-0.2, -0.15) is 0 Å². The van der Waals surface area contributed by atoms with Crippen molar-refractivity contribution in [2.24, 2.45) is 0 Å². The molecule has 0 aliphatic heterocycles. The SMILES string of the molecule is CCCCOc1ccc(NC(=O)c2ccc(OC)c(I)c2)cc1. The van der Waals surface area contributed by atoms with Crippen LogP contribution in [-0.4, -0.2) is 19.6 Å². The molecule has 0 aliphatic carbocycles. The summed E-state index contributed by atoms with van der Waals surface area (Å²) in [4.78, 5) is 12.3. The number of hydrogen-bond donors (Lipinski definition) is 1. The average Bonchev–Trinajstić information content (AvgIpc) is 2.56. The molecular formula is C18H20INO3. The highest BCUT2D eigenvalue weighted by atomic mass is 127. The Morgan fingerprint density at radius 3 is 2.52 bits per heavy atom. The van der Waals surface area contributed by atoms with Gasteiger partial charge in [-0.3, -0.25) is 4.79 Å². The minimum absolute atomic E-state index is 0.148. The molecule has 1 amide bonds. The van der Waals surface area contributed by atoms with Crippen molar-refractivity contribution < 1.29 is 14.3 Å². The number of rotatable bonds is 7. The van der Waals surface area contributed by atoms with Crippen LogP contribution in [0, 0.1) is 3.57 Å². The van der Waals surface area contributed by atoms with Crippen LogP contribution in [-0.2, 0) is 0 Å². The number of ether oxygens (including phenoxy) is 2. The van der Waals surface area contributed by atoms with Crippen molar-refractivity contribution in [2.45, 2.75) is 19.8 Å². The third kappa shape index (κ3) is 5.13. The summed E-state index contributed by atoms with van der Waals surface area (Å²) in [5.74, 6) is 1.43. The molecule has 0 bridgehead atoms. The highest BCUT2D eigenvalue weighted by Crippen LogP contribution is 2.22. The molecule has 2 aromatic rings. The monoisotopic (exact) mass is 425 g/mol. The fourth-order valence-electron chi connectivity index (χ4n) is 1.98. The minimum atomic E-state index is -0.148. The molecule has 0 saturated heterocycles. The maximum absolute atomic E-state index is 12.3. The molecular weight excluding hydrogens is 405 g/mol. The van der Waals surface area contributed by atoms with E-state index in [4.69, 9.17) is 9.47 Å². The summed E-state index contributed by atoms with van der Waals surface area (Å²) in [7, 11) is 1.61. The van der Waals surface area contributed by atoms with Crippen LogP contribution >= 0.6 is 22.6 Å². The molecule has 0 aromatic heterocycles. The van der Waals surface area contributed by atoms with Gasteiger partial charge in [0, 0.05) is 11.3 Å². The summed E-state index contributed by atoms with van der Waals surface area (Å²) >= 11 is 2.15. The predicted molar refractivity (Wildman–Crippen MR) is 101 cm³/mol. The Hall–Kier alpha value is -1.76. The number of unbranched alkanes of at least 4 members (excludes halogenated alkanes) is 1. The fraction of sp³-hybridized carbons (Fsp3) is 0.278. The normalized spacial score (nSPS) is 10.2. The van der Waals surface area contributed by atoms with Gasteiger partial charge >= 0.3 is 0 Å². The van der Waals surface area contributed by atoms with E-state index in [0.29, 0.717) is 12.2 Å². The molecule has 0 radical (unpaired) electrons. The Labute approximate surface area is 150 Å². The molecule has 2 rings (SSSR count). The van der Waals surface area contributed by atoms with E-state index in [-0.39, 0.29) is 5.91 Å². The number of carbonyl (C=O) groups is 1. The van der Waals surface area contributed by atoms with Crippen molar-refractivity contribution in [1.29, 1.82) is 0 Å². The molecule has 1 N–H and O–H groups in total. The van der Waals surface area contributed by atoms with E-state index in [9.17, 15) is 4.79 Å². The van der Waals surface area contributed by atoms with Crippen LogP contribution in [0.25, 0.3) is 0 Å². The Balaban J connectivity index is 1.98. The number of halogens is 1. The molecule has 122 valence electrons. The third-order valence-corrected chi connectivity index (χ3v) is 4.14. The third-order valence-electron chi connectivity index (χ3n) is 3.29. The second-order valence-corrected chi connectivity index (χ2v) is 6.19. The standard InChI is InChI=1S/C18H20INO3/c1-3-4-11-23-15-8-6-14(7-9-15)20-18(21)13-5-10-17(22-2)16(19)12-13/h5-10,12H,3-4,11H2,1-2H3,(H,20,21). The summed E-state index contributed by atoms with van der Waals surface area (Å²) in [6.45, 7) is 2.84. The first-order valence-corrected chi connectivity index (χ1v) is 8.59. The quantitative estimate of drug-likeness (QED) is 0.516. The van der Waals surface area contributed by atoms with E-state index in [1.165, 1.54) is 0 Å². The predicted octanol–water partition coefficient (Wildman–Crippen LogP) is 4.73. The van der Waals surface area contributed by atoms with Crippen molar-refractivity contribution in [3.05, 3.63) is 51.6 Å². The summed E-state index contributed by atoms with van der Waals surface area (Å²) in [5, 5.41) is 2.88. The van der Waals surface area contributed by atoms with Crippen LogP contribution < -0.4 is 14.8 Å². The van der Waals surface area contributed by atoms with Gasteiger partial charge in [-0.1, -0.05) is 13.3 Å². The lowest BCUT2D eigenvalue weighted by Gasteiger charge is -2.09. The number of benzene rings is 2. The Morgan fingerprint density at radius 2 is 1.91 bits per heavy atom. The molecule has 23 heavy (non-hydrogen) atoms. The maximum atomic E-state index is 12.3. The molecule has 2 aromatic carbocycles. The topological polar surface area (TPSA) is 47.6 Å². The molecule has 0 aliphatic rings. The molecule has 4 nitrogen and oxygen atoms in total. The Morgan fingerprint density at radius 1 is 1.17 bits per heavy atom. The van der Waals surface area contributed by atoms with Crippen molar-refractivity contribution in [2.75, 3.05) is 19.0 Å². The molecule has 0 heterocycles. The zero-order valence-electron chi connectivity index (χ0n) is 13.3. The van der Waals surface area contributed by atoms with E-state index in [0.717, 1.165) is 33.6 Å². The van der Waals surface area contributed by atoms with E-state index in [2.05, 4.69) is 34.8 Å². The highest BCUT2D eigenvalue weighted by Gasteiger charge is 2.09. The van der Waals surface area contributed by atoms with Gasteiger partial charge in [0.1, 0.15) is 11.5 Å². The number of carbonyl (C=O) groups excluding carboxylic acids is 1. The van der Waals surface area contributed by atoms with Crippen molar-refractivity contribution >= 4 is 34.2 Å². The fourth-order valence-corrected chi connectivity index (χ4v) is 2.72. The smallest absolute Gasteiger partial charge is 0.255 e. The summed E-state index contributed by atoms with van der Waals surface area (Å²) in [5.41, 5.74) is 1.34. The Bertz CT molecular complexity index is 656. The lowest BCUT2D eigenvalue weighted by atomic mass is 10.2. The zero-order chi connectivity index (χ0) is 16.7. The number of amides is 1. The molecule has 0 fully saturated rings. The second-order valence-electron chi connectivity index (χ2n) is 5.03. The molecule has 0 atom stereocenters. The van der Waals surface area contributed by atoms with Crippen molar-refractivity contribution in [3.63, 3.8) is 0 Å².